The lowest BCUT2D eigenvalue weighted by Crippen LogP contribution is -2.48. The van der Waals surface area contributed by atoms with Gasteiger partial charge in [-0.15, -0.1) is 0 Å². The highest BCUT2D eigenvalue weighted by Crippen LogP contribution is 2.30. The van der Waals surface area contributed by atoms with E-state index in [9.17, 15) is 4.79 Å². The van der Waals surface area contributed by atoms with Gasteiger partial charge >= 0.3 is 0 Å². The molecule has 5 nitrogen and oxygen atoms in total. The minimum absolute atomic E-state index is 0.00165. The summed E-state index contributed by atoms with van der Waals surface area (Å²) in [6.45, 7) is 9.19. The molecule has 1 aliphatic rings. The SMILES string of the molecule is Cc1ccc(-n2nc(-c3ccccc3Cl)cc2C(=O)N2CC(C)OC(C)C2)c(C)c1. The molecule has 2 aromatic carbocycles. The van der Waals surface area contributed by atoms with Gasteiger partial charge in [0.2, 0.25) is 0 Å². The van der Waals surface area contributed by atoms with Gasteiger partial charge in [-0.05, 0) is 51.5 Å². The van der Waals surface area contributed by atoms with E-state index in [0.717, 1.165) is 16.8 Å². The highest BCUT2D eigenvalue weighted by Gasteiger charge is 2.30. The van der Waals surface area contributed by atoms with Crippen molar-refractivity contribution < 1.29 is 9.53 Å². The van der Waals surface area contributed by atoms with E-state index >= 15 is 0 Å². The van der Waals surface area contributed by atoms with Crippen LogP contribution in [0.5, 0.6) is 0 Å². The summed E-state index contributed by atoms with van der Waals surface area (Å²) in [6.07, 6.45) is -0.00330. The zero-order chi connectivity index (χ0) is 21.4. The summed E-state index contributed by atoms with van der Waals surface area (Å²) in [5, 5.41) is 5.42. The zero-order valence-corrected chi connectivity index (χ0v) is 18.5. The number of carbonyl (C=O) groups excluding carboxylic acids is 1. The molecule has 0 saturated carbocycles. The quantitative estimate of drug-likeness (QED) is 0.591. The molecule has 0 radical (unpaired) electrons. The molecule has 6 heteroatoms. The molecule has 2 unspecified atom stereocenters. The first kappa shape index (κ1) is 20.6. The number of hydrogen-bond acceptors (Lipinski definition) is 3. The van der Waals surface area contributed by atoms with E-state index in [-0.39, 0.29) is 18.1 Å². The third kappa shape index (κ3) is 4.00. The predicted molar refractivity (Wildman–Crippen MR) is 119 cm³/mol. The second-order valence-electron chi connectivity index (χ2n) is 8.06. The summed E-state index contributed by atoms with van der Waals surface area (Å²) in [6, 6.07) is 15.5. The molecule has 3 aromatic rings. The summed E-state index contributed by atoms with van der Waals surface area (Å²) >= 11 is 6.42. The summed E-state index contributed by atoms with van der Waals surface area (Å²) in [5.41, 5.74) is 5.12. The molecule has 0 spiro atoms. The number of hydrogen-bond donors (Lipinski definition) is 0. The van der Waals surface area contributed by atoms with E-state index in [1.807, 2.05) is 68.1 Å². The molecule has 1 saturated heterocycles. The number of aromatic nitrogens is 2. The van der Waals surface area contributed by atoms with Crippen molar-refractivity contribution in [3.05, 3.63) is 70.4 Å². The van der Waals surface area contributed by atoms with Crippen molar-refractivity contribution in [3.63, 3.8) is 0 Å². The predicted octanol–water partition coefficient (Wildman–Crippen LogP) is 5.06. The first-order valence-corrected chi connectivity index (χ1v) is 10.6. The second-order valence-corrected chi connectivity index (χ2v) is 8.47. The van der Waals surface area contributed by atoms with E-state index in [1.54, 1.807) is 4.68 Å². The van der Waals surface area contributed by atoms with Crippen LogP contribution < -0.4 is 0 Å². The van der Waals surface area contributed by atoms with Crippen molar-refractivity contribution in [2.45, 2.75) is 39.9 Å². The number of carbonyl (C=O) groups is 1. The molecule has 0 aliphatic carbocycles. The van der Waals surface area contributed by atoms with Gasteiger partial charge in [0.05, 0.1) is 28.6 Å². The standard InChI is InChI=1S/C24H26ClN3O2/c1-15-9-10-22(16(2)11-15)28-23(24(29)27-13-17(3)30-18(4)14-27)12-21(26-28)19-7-5-6-8-20(19)25/h5-12,17-18H,13-14H2,1-4H3. The molecule has 0 bridgehead atoms. The number of benzene rings is 2. The number of halogens is 1. The Balaban J connectivity index is 1.83. The fourth-order valence-electron chi connectivity index (χ4n) is 4.07. The Bertz CT molecular complexity index is 1080. The number of aryl methyl sites for hydroxylation is 2. The van der Waals surface area contributed by atoms with Crippen molar-refractivity contribution in [1.82, 2.24) is 14.7 Å². The van der Waals surface area contributed by atoms with Gasteiger partial charge in [-0.25, -0.2) is 4.68 Å². The maximum atomic E-state index is 13.6. The third-order valence-electron chi connectivity index (χ3n) is 5.37. The van der Waals surface area contributed by atoms with Crippen LogP contribution >= 0.6 is 11.6 Å². The fraction of sp³-hybridized carbons (Fsp3) is 0.333. The van der Waals surface area contributed by atoms with E-state index in [0.29, 0.717) is 29.5 Å². The molecular formula is C24H26ClN3O2. The Hall–Kier alpha value is -2.63. The Labute approximate surface area is 182 Å². The van der Waals surface area contributed by atoms with Crippen LogP contribution in [0.3, 0.4) is 0 Å². The zero-order valence-electron chi connectivity index (χ0n) is 17.7. The van der Waals surface area contributed by atoms with Gasteiger partial charge in [-0.2, -0.15) is 5.10 Å². The van der Waals surface area contributed by atoms with Gasteiger partial charge in [-0.3, -0.25) is 4.79 Å². The summed E-state index contributed by atoms with van der Waals surface area (Å²) in [4.78, 5) is 15.4. The van der Waals surface area contributed by atoms with Crippen LogP contribution in [0.4, 0.5) is 0 Å². The van der Waals surface area contributed by atoms with Gasteiger partial charge in [0, 0.05) is 18.7 Å². The van der Waals surface area contributed by atoms with Gasteiger partial charge in [0.25, 0.3) is 5.91 Å². The average molecular weight is 424 g/mol. The van der Waals surface area contributed by atoms with Crippen LogP contribution in [0.1, 0.15) is 35.5 Å². The second kappa shape index (κ2) is 8.25. The lowest BCUT2D eigenvalue weighted by Gasteiger charge is -2.35. The molecule has 2 atom stereocenters. The molecule has 1 aromatic heterocycles. The molecule has 2 heterocycles. The molecule has 156 valence electrons. The van der Waals surface area contributed by atoms with Crippen LogP contribution in [0.25, 0.3) is 16.9 Å². The van der Waals surface area contributed by atoms with Crippen LogP contribution in [-0.4, -0.2) is 45.9 Å². The van der Waals surface area contributed by atoms with E-state index < -0.39 is 0 Å². The van der Waals surface area contributed by atoms with Crippen LogP contribution in [-0.2, 0) is 4.74 Å². The largest absolute Gasteiger partial charge is 0.372 e. The number of amides is 1. The van der Waals surface area contributed by atoms with Crippen molar-refractivity contribution in [3.8, 4) is 16.9 Å². The Morgan fingerprint density at radius 1 is 1.07 bits per heavy atom. The highest BCUT2D eigenvalue weighted by molar-refractivity contribution is 6.33. The normalized spacial score (nSPS) is 19.2. The summed E-state index contributed by atoms with van der Waals surface area (Å²) < 4.78 is 7.56. The first-order chi connectivity index (χ1) is 14.3. The maximum absolute atomic E-state index is 13.6. The Morgan fingerprint density at radius 3 is 2.43 bits per heavy atom. The maximum Gasteiger partial charge on any atom is 0.272 e. The minimum atomic E-state index is -0.0530. The van der Waals surface area contributed by atoms with Gasteiger partial charge in [-0.1, -0.05) is 47.5 Å². The van der Waals surface area contributed by atoms with Gasteiger partial charge in [0.15, 0.2) is 0 Å². The molecule has 4 rings (SSSR count). The van der Waals surface area contributed by atoms with E-state index in [4.69, 9.17) is 21.4 Å². The Morgan fingerprint density at radius 2 is 1.77 bits per heavy atom. The lowest BCUT2D eigenvalue weighted by molar-refractivity contribution is -0.0588. The van der Waals surface area contributed by atoms with Crippen LogP contribution in [0.15, 0.2) is 48.5 Å². The van der Waals surface area contributed by atoms with E-state index in [2.05, 4.69) is 13.0 Å². The molecule has 0 N–H and O–H groups in total. The van der Waals surface area contributed by atoms with Gasteiger partial charge in [0.1, 0.15) is 5.69 Å². The monoisotopic (exact) mass is 423 g/mol. The third-order valence-corrected chi connectivity index (χ3v) is 5.70. The molecule has 1 amide bonds. The molecular weight excluding hydrogens is 398 g/mol. The number of ether oxygens (including phenoxy) is 1. The van der Waals surface area contributed by atoms with Crippen molar-refractivity contribution in [2.75, 3.05) is 13.1 Å². The van der Waals surface area contributed by atoms with Crippen molar-refractivity contribution in [2.24, 2.45) is 0 Å². The number of nitrogens with zero attached hydrogens (tertiary/aromatic N) is 3. The highest BCUT2D eigenvalue weighted by atomic mass is 35.5. The number of morpholine rings is 1. The van der Waals surface area contributed by atoms with Gasteiger partial charge < -0.3 is 9.64 Å². The van der Waals surface area contributed by atoms with Crippen molar-refractivity contribution >= 4 is 17.5 Å². The van der Waals surface area contributed by atoms with E-state index in [1.165, 1.54) is 5.56 Å². The smallest absolute Gasteiger partial charge is 0.272 e. The lowest BCUT2D eigenvalue weighted by atomic mass is 10.1. The fourth-order valence-corrected chi connectivity index (χ4v) is 4.30. The minimum Gasteiger partial charge on any atom is -0.372 e. The topological polar surface area (TPSA) is 47.4 Å². The van der Waals surface area contributed by atoms with Crippen LogP contribution in [0.2, 0.25) is 5.02 Å². The van der Waals surface area contributed by atoms with Crippen molar-refractivity contribution in [1.29, 1.82) is 0 Å². The molecule has 30 heavy (non-hydrogen) atoms. The Kier molecular flexibility index (Phi) is 5.67. The molecule has 1 fully saturated rings. The number of rotatable bonds is 3. The summed E-state index contributed by atoms with van der Waals surface area (Å²) in [7, 11) is 0. The first-order valence-electron chi connectivity index (χ1n) is 10.2. The molecule has 1 aliphatic heterocycles. The summed E-state index contributed by atoms with van der Waals surface area (Å²) in [5.74, 6) is -0.0530. The van der Waals surface area contributed by atoms with Crippen LogP contribution in [0, 0.1) is 13.8 Å². The average Bonchev–Trinajstić information content (AvgIpc) is 3.11.